The first kappa shape index (κ1) is 17.5. The van der Waals surface area contributed by atoms with Crippen LogP contribution in [0.3, 0.4) is 0 Å². The minimum atomic E-state index is 0.00427. The van der Waals surface area contributed by atoms with Gasteiger partial charge in [0.1, 0.15) is 26.2 Å². The van der Waals surface area contributed by atoms with Crippen molar-refractivity contribution in [2.24, 2.45) is 0 Å². The van der Waals surface area contributed by atoms with Crippen LogP contribution in [-0.2, 0) is 20.7 Å². The lowest BCUT2D eigenvalue weighted by Gasteiger charge is -2.41. The van der Waals surface area contributed by atoms with Gasteiger partial charge in [-0.05, 0) is 12.5 Å². The summed E-state index contributed by atoms with van der Waals surface area (Å²) in [6.07, 6.45) is 1.06. The molecule has 2 aliphatic heterocycles. The van der Waals surface area contributed by atoms with Crippen molar-refractivity contribution in [3.8, 4) is 0 Å². The number of hydrogen-bond acceptors (Lipinski definition) is 4. The van der Waals surface area contributed by atoms with Crippen molar-refractivity contribution in [1.82, 2.24) is 0 Å². The molecule has 0 aromatic heterocycles. The highest BCUT2D eigenvalue weighted by Gasteiger charge is 2.31. The summed E-state index contributed by atoms with van der Waals surface area (Å²) in [6.45, 7) is 8.21. The number of quaternary nitrogens is 1. The molecular weight excluding hydrogens is 322 g/mol. The monoisotopic (exact) mass is 348 g/mol. The Balaban J connectivity index is 1.54. The van der Waals surface area contributed by atoms with Crippen molar-refractivity contribution in [2.45, 2.75) is 18.6 Å². The fourth-order valence-corrected chi connectivity index (χ4v) is 3.99. The molecule has 0 bridgehead atoms. The number of benzene rings is 1. The molecular formula is C19H26NO3S+. The van der Waals surface area contributed by atoms with E-state index in [0.717, 1.165) is 50.3 Å². The van der Waals surface area contributed by atoms with Crippen LogP contribution in [0, 0.1) is 0 Å². The summed E-state index contributed by atoms with van der Waals surface area (Å²) in [7, 11) is 0. The molecule has 1 aromatic rings. The van der Waals surface area contributed by atoms with E-state index in [-0.39, 0.29) is 11.0 Å². The van der Waals surface area contributed by atoms with Crippen LogP contribution >= 0.6 is 11.8 Å². The van der Waals surface area contributed by atoms with Gasteiger partial charge in [-0.1, -0.05) is 30.3 Å². The van der Waals surface area contributed by atoms with Crippen molar-refractivity contribution in [1.29, 1.82) is 0 Å². The third kappa shape index (κ3) is 4.41. The second-order valence-corrected chi connectivity index (χ2v) is 7.77. The molecule has 0 spiro atoms. The summed E-state index contributed by atoms with van der Waals surface area (Å²) in [6, 6.07) is 10.6. The van der Waals surface area contributed by atoms with E-state index < -0.39 is 0 Å². The Kier molecular flexibility index (Phi) is 5.98. The molecule has 1 saturated heterocycles. The number of carbonyl (C=O) groups is 1. The Morgan fingerprint density at radius 3 is 2.62 bits per heavy atom. The van der Waals surface area contributed by atoms with E-state index in [2.05, 4.69) is 30.3 Å². The predicted molar refractivity (Wildman–Crippen MR) is 96.8 cm³/mol. The van der Waals surface area contributed by atoms with Gasteiger partial charge in [-0.3, -0.25) is 4.79 Å². The van der Waals surface area contributed by atoms with Crippen molar-refractivity contribution < 1.29 is 18.8 Å². The third-order valence-electron chi connectivity index (χ3n) is 4.95. The second kappa shape index (κ2) is 8.19. The number of ketones is 1. The van der Waals surface area contributed by atoms with E-state index >= 15 is 0 Å². The normalized spacial score (nSPS) is 23.1. The van der Waals surface area contributed by atoms with Crippen LogP contribution < -0.4 is 0 Å². The van der Waals surface area contributed by atoms with Gasteiger partial charge in [-0.25, -0.2) is 0 Å². The van der Waals surface area contributed by atoms with Crippen molar-refractivity contribution in [2.75, 3.05) is 46.0 Å². The van der Waals surface area contributed by atoms with E-state index in [1.165, 1.54) is 5.56 Å². The minimum Gasteiger partial charge on any atom is -0.483 e. The molecule has 1 atom stereocenters. The van der Waals surface area contributed by atoms with Gasteiger partial charge in [0.05, 0.1) is 25.0 Å². The van der Waals surface area contributed by atoms with E-state index in [0.29, 0.717) is 12.4 Å². The van der Waals surface area contributed by atoms with Crippen LogP contribution in [-0.4, -0.2) is 61.5 Å². The molecule has 2 heterocycles. The quantitative estimate of drug-likeness (QED) is 0.710. The summed E-state index contributed by atoms with van der Waals surface area (Å²) in [5.41, 5.74) is 1.38. The minimum absolute atomic E-state index is 0.00427. The van der Waals surface area contributed by atoms with Crippen LogP contribution in [0.5, 0.6) is 0 Å². The first-order chi connectivity index (χ1) is 11.7. The maximum atomic E-state index is 11.9. The summed E-state index contributed by atoms with van der Waals surface area (Å²) < 4.78 is 12.4. The highest BCUT2D eigenvalue weighted by Crippen LogP contribution is 2.27. The Morgan fingerprint density at radius 2 is 1.96 bits per heavy atom. The molecule has 3 rings (SSSR count). The van der Waals surface area contributed by atoms with Crippen LogP contribution in [0.15, 0.2) is 41.5 Å². The van der Waals surface area contributed by atoms with E-state index in [1.807, 2.05) is 12.3 Å². The van der Waals surface area contributed by atoms with Gasteiger partial charge in [0, 0.05) is 11.8 Å². The fourth-order valence-electron chi connectivity index (χ4n) is 3.24. The van der Waals surface area contributed by atoms with E-state index in [4.69, 9.17) is 9.47 Å². The molecule has 0 N–H and O–H groups in total. The SMILES string of the molecule is CC1SC=C(OCC[N+]2(CCc3ccccc3)CCOCC2)C1=O. The topological polar surface area (TPSA) is 35.5 Å². The largest absolute Gasteiger partial charge is 0.483 e. The fraction of sp³-hybridized carbons (Fsp3) is 0.526. The van der Waals surface area contributed by atoms with Gasteiger partial charge in [-0.15, -0.1) is 11.8 Å². The standard InChI is InChI=1S/C19H26NO3S/c1-16-19(21)18(15-24-16)23-14-11-20(9-12-22-13-10-20)8-7-17-5-3-2-4-6-17/h2-6,15-16H,7-14H2,1H3/q+1. The molecule has 0 amide bonds. The van der Waals surface area contributed by atoms with E-state index in [9.17, 15) is 4.79 Å². The van der Waals surface area contributed by atoms with Crippen molar-refractivity contribution in [3.63, 3.8) is 0 Å². The molecule has 130 valence electrons. The number of thioether (sulfide) groups is 1. The number of Topliss-reactive ketones (excluding diaryl/α,β-unsaturated/α-hetero) is 1. The number of nitrogens with zero attached hydrogens (tertiary/aromatic N) is 1. The smallest absolute Gasteiger partial charge is 0.210 e. The second-order valence-electron chi connectivity index (χ2n) is 6.56. The maximum Gasteiger partial charge on any atom is 0.210 e. The molecule has 2 aliphatic rings. The number of ether oxygens (including phenoxy) is 2. The molecule has 1 aromatic carbocycles. The van der Waals surface area contributed by atoms with Crippen molar-refractivity contribution >= 4 is 17.5 Å². The molecule has 4 nitrogen and oxygen atoms in total. The van der Waals surface area contributed by atoms with Crippen molar-refractivity contribution in [3.05, 3.63) is 47.1 Å². The lowest BCUT2D eigenvalue weighted by Crippen LogP contribution is -2.57. The molecule has 5 heteroatoms. The zero-order chi connectivity index (χ0) is 16.8. The Labute approximate surface area is 148 Å². The Morgan fingerprint density at radius 1 is 1.21 bits per heavy atom. The third-order valence-corrected chi connectivity index (χ3v) is 5.92. The Hall–Kier alpha value is -1.30. The summed E-state index contributed by atoms with van der Waals surface area (Å²) in [5, 5.41) is 1.87. The number of morpholine rings is 1. The molecule has 1 unspecified atom stereocenters. The Bertz CT molecular complexity index is 582. The first-order valence-electron chi connectivity index (χ1n) is 8.68. The summed E-state index contributed by atoms with van der Waals surface area (Å²) >= 11 is 1.54. The van der Waals surface area contributed by atoms with Crippen LogP contribution in [0.2, 0.25) is 0 Å². The first-order valence-corrected chi connectivity index (χ1v) is 9.62. The van der Waals surface area contributed by atoms with Crippen LogP contribution in [0.1, 0.15) is 12.5 Å². The van der Waals surface area contributed by atoms with E-state index in [1.54, 1.807) is 11.8 Å². The molecule has 0 saturated carbocycles. The van der Waals surface area contributed by atoms with Gasteiger partial charge >= 0.3 is 0 Å². The average molecular weight is 348 g/mol. The molecule has 0 aliphatic carbocycles. The lowest BCUT2D eigenvalue weighted by molar-refractivity contribution is -0.935. The highest BCUT2D eigenvalue weighted by atomic mass is 32.2. The number of rotatable bonds is 7. The van der Waals surface area contributed by atoms with Gasteiger partial charge in [-0.2, -0.15) is 0 Å². The zero-order valence-corrected chi connectivity index (χ0v) is 15.1. The molecule has 0 radical (unpaired) electrons. The number of carbonyl (C=O) groups excluding carboxylic acids is 1. The number of hydrogen-bond donors (Lipinski definition) is 0. The predicted octanol–water partition coefficient (Wildman–Crippen LogP) is 2.64. The van der Waals surface area contributed by atoms with Gasteiger partial charge in [0.2, 0.25) is 5.78 Å². The molecule has 1 fully saturated rings. The number of allylic oxidation sites excluding steroid dienone is 1. The summed E-state index contributed by atoms with van der Waals surface area (Å²) in [5.74, 6) is 0.666. The van der Waals surface area contributed by atoms with Crippen LogP contribution in [0.25, 0.3) is 0 Å². The van der Waals surface area contributed by atoms with Gasteiger partial charge < -0.3 is 14.0 Å². The lowest BCUT2D eigenvalue weighted by atomic mass is 10.1. The van der Waals surface area contributed by atoms with Gasteiger partial charge in [0.25, 0.3) is 0 Å². The van der Waals surface area contributed by atoms with Crippen LogP contribution in [0.4, 0.5) is 0 Å². The highest BCUT2D eigenvalue weighted by molar-refractivity contribution is 8.03. The summed E-state index contributed by atoms with van der Waals surface area (Å²) in [4.78, 5) is 11.9. The maximum absolute atomic E-state index is 11.9. The zero-order valence-electron chi connectivity index (χ0n) is 14.3. The van der Waals surface area contributed by atoms with Gasteiger partial charge in [0.15, 0.2) is 5.76 Å². The average Bonchev–Trinajstić information content (AvgIpc) is 2.94. The molecule has 24 heavy (non-hydrogen) atoms.